The summed E-state index contributed by atoms with van der Waals surface area (Å²) in [6, 6.07) is 11.9. The summed E-state index contributed by atoms with van der Waals surface area (Å²) >= 11 is 1.26. The number of ether oxygens (including phenoxy) is 1. The average Bonchev–Trinajstić information content (AvgIpc) is 3.11. The number of thioether (sulfide) groups is 1. The lowest BCUT2D eigenvalue weighted by Gasteiger charge is -2.10. The first kappa shape index (κ1) is 20.1. The summed E-state index contributed by atoms with van der Waals surface area (Å²) in [7, 11) is 0. The van der Waals surface area contributed by atoms with Crippen LogP contribution in [-0.2, 0) is 6.61 Å². The Hall–Kier alpha value is -2.60. The first-order valence-electron chi connectivity index (χ1n) is 9.14. The molecule has 0 N–H and O–H groups in total. The Bertz CT molecular complexity index is 997. The van der Waals surface area contributed by atoms with Gasteiger partial charge in [-0.3, -0.25) is 4.79 Å². The lowest BCUT2D eigenvalue weighted by molar-refractivity contribution is 0.0993. The van der Waals surface area contributed by atoms with Crippen LogP contribution in [0, 0.1) is 27.7 Å². The molecular formula is C22H24N2O3S. The van der Waals surface area contributed by atoms with Crippen molar-refractivity contribution in [1.82, 2.24) is 10.2 Å². The molecule has 1 aromatic heterocycles. The van der Waals surface area contributed by atoms with Crippen LogP contribution in [0.15, 0.2) is 46.0 Å². The Morgan fingerprint density at radius 3 is 2.46 bits per heavy atom. The standard InChI is InChI=1S/C22H24N2O3S/c1-13-6-8-15(3)18(10-13)21(25)17(5)28-22-24-23-20(27-22)12-26-19-11-14(2)7-9-16(19)4/h6-11,17H,12H2,1-5H3. The van der Waals surface area contributed by atoms with Gasteiger partial charge in [0.15, 0.2) is 12.4 Å². The predicted molar refractivity (Wildman–Crippen MR) is 110 cm³/mol. The normalized spacial score (nSPS) is 12.0. The van der Waals surface area contributed by atoms with Gasteiger partial charge < -0.3 is 9.15 Å². The van der Waals surface area contributed by atoms with Crippen molar-refractivity contribution in [1.29, 1.82) is 0 Å². The summed E-state index contributed by atoms with van der Waals surface area (Å²) in [5.74, 6) is 1.23. The largest absolute Gasteiger partial charge is 0.484 e. The fourth-order valence-corrected chi connectivity index (χ4v) is 3.54. The van der Waals surface area contributed by atoms with Crippen LogP contribution in [0.1, 0.15) is 45.4 Å². The molecule has 0 radical (unpaired) electrons. The molecule has 5 nitrogen and oxygen atoms in total. The molecule has 0 aliphatic carbocycles. The molecule has 0 aliphatic heterocycles. The van der Waals surface area contributed by atoms with Crippen molar-refractivity contribution in [3.8, 4) is 5.75 Å². The minimum atomic E-state index is -0.325. The Morgan fingerprint density at radius 1 is 1.04 bits per heavy atom. The molecule has 1 atom stereocenters. The number of aryl methyl sites for hydroxylation is 4. The number of carbonyl (C=O) groups is 1. The Kier molecular flexibility index (Phi) is 6.19. The zero-order chi connectivity index (χ0) is 20.3. The quantitative estimate of drug-likeness (QED) is 0.402. The van der Waals surface area contributed by atoms with Crippen LogP contribution < -0.4 is 4.74 Å². The molecule has 0 saturated carbocycles. The number of hydrogen-bond acceptors (Lipinski definition) is 6. The third kappa shape index (κ3) is 4.81. The van der Waals surface area contributed by atoms with E-state index < -0.39 is 0 Å². The number of ketones is 1. The smallest absolute Gasteiger partial charge is 0.277 e. The van der Waals surface area contributed by atoms with Crippen molar-refractivity contribution >= 4 is 17.5 Å². The molecule has 146 valence electrons. The Morgan fingerprint density at radius 2 is 1.71 bits per heavy atom. The molecular weight excluding hydrogens is 372 g/mol. The molecule has 28 heavy (non-hydrogen) atoms. The topological polar surface area (TPSA) is 65.2 Å². The highest BCUT2D eigenvalue weighted by Gasteiger charge is 2.21. The maximum absolute atomic E-state index is 12.8. The maximum Gasteiger partial charge on any atom is 0.277 e. The lowest BCUT2D eigenvalue weighted by atomic mass is 10.0. The zero-order valence-electron chi connectivity index (χ0n) is 16.8. The minimum Gasteiger partial charge on any atom is -0.484 e. The van der Waals surface area contributed by atoms with Crippen molar-refractivity contribution in [2.45, 2.75) is 51.7 Å². The summed E-state index contributed by atoms with van der Waals surface area (Å²) in [5.41, 5.74) is 4.94. The first-order valence-corrected chi connectivity index (χ1v) is 10.0. The van der Waals surface area contributed by atoms with Crippen molar-refractivity contribution in [3.63, 3.8) is 0 Å². The number of nitrogens with zero attached hydrogens (tertiary/aromatic N) is 2. The van der Waals surface area contributed by atoms with Gasteiger partial charge in [-0.25, -0.2) is 0 Å². The Labute approximate surface area is 169 Å². The van der Waals surface area contributed by atoms with Gasteiger partial charge in [-0.2, -0.15) is 0 Å². The van der Waals surface area contributed by atoms with Gasteiger partial charge in [-0.15, -0.1) is 10.2 Å². The van der Waals surface area contributed by atoms with E-state index in [9.17, 15) is 4.79 Å². The van der Waals surface area contributed by atoms with Crippen LogP contribution in [0.3, 0.4) is 0 Å². The minimum absolute atomic E-state index is 0.0533. The van der Waals surface area contributed by atoms with E-state index in [1.165, 1.54) is 11.8 Å². The molecule has 2 aromatic carbocycles. The molecule has 0 bridgehead atoms. The predicted octanol–water partition coefficient (Wildman–Crippen LogP) is 5.25. The van der Waals surface area contributed by atoms with Crippen molar-refractivity contribution < 1.29 is 13.9 Å². The van der Waals surface area contributed by atoms with E-state index in [1.54, 1.807) is 0 Å². The van der Waals surface area contributed by atoms with Crippen LogP contribution in [-0.4, -0.2) is 21.2 Å². The van der Waals surface area contributed by atoms with E-state index in [0.717, 1.165) is 33.6 Å². The highest BCUT2D eigenvalue weighted by atomic mass is 32.2. The molecule has 3 aromatic rings. The molecule has 0 saturated heterocycles. The molecule has 0 aliphatic rings. The van der Waals surface area contributed by atoms with E-state index in [2.05, 4.69) is 10.2 Å². The highest BCUT2D eigenvalue weighted by Crippen LogP contribution is 2.26. The summed E-state index contributed by atoms with van der Waals surface area (Å²) in [6.45, 7) is 9.97. The highest BCUT2D eigenvalue weighted by molar-refractivity contribution is 8.00. The molecule has 6 heteroatoms. The maximum atomic E-state index is 12.8. The summed E-state index contributed by atoms with van der Waals surface area (Å²) < 4.78 is 11.4. The second-order valence-electron chi connectivity index (χ2n) is 6.96. The van der Waals surface area contributed by atoms with Gasteiger partial charge in [0, 0.05) is 5.56 Å². The molecule has 0 spiro atoms. The van der Waals surface area contributed by atoms with Gasteiger partial charge in [0.1, 0.15) is 5.75 Å². The number of carbonyl (C=O) groups excluding carboxylic acids is 1. The van der Waals surface area contributed by atoms with Crippen LogP contribution in [0.4, 0.5) is 0 Å². The van der Waals surface area contributed by atoms with Gasteiger partial charge in [-0.1, -0.05) is 41.6 Å². The van der Waals surface area contributed by atoms with Crippen molar-refractivity contribution in [3.05, 3.63) is 70.1 Å². The van der Waals surface area contributed by atoms with E-state index in [4.69, 9.17) is 9.15 Å². The lowest BCUT2D eigenvalue weighted by Crippen LogP contribution is -2.15. The first-order chi connectivity index (χ1) is 13.3. The van der Waals surface area contributed by atoms with Gasteiger partial charge in [0.2, 0.25) is 0 Å². The number of Topliss-reactive ketones (excluding diaryl/α,β-unsaturated/α-hetero) is 1. The number of hydrogen-bond donors (Lipinski definition) is 0. The summed E-state index contributed by atoms with van der Waals surface area (Å²) in [4.78, 5) is 12.8. The fourth-order valence-electron chi connectivity index (χ4n) is 2.77. The third-order valence-electron chi connectivity index (χ3n) is 4.45. The average molecular weight is 397 g/mol. The van der Waals surface area contributed by atoms with Crippen LogP contribution in [0.2, 0.25) is 0 Å². The van der Waals surface area contributed by atoms with Gasteiger partial charge in [0.05, 0.1) is 5.25 Å². The molecule has 1 heterocycles. The van der Waals surface area contributed by atoms with Crippen molar-refractivity contribution in [2.24, 2.45) is 0 Å². The monoisotopic (exact) mass is 396 g/mol. The van der Waals surface area contributed by atoms with E-state index in [0.29, 0.717) is 11.1 Å². The summed E-state index contributed by atoms with van der Waals surface area (Å²) in [6.07, 6.45) is 0. The second kappa shape index (κ2) is 8.61. The number of rotatable bonds is 7. The SMILES string of the molecule is Cc1ccc(C)c(OCc2nnc(SC(C)C(=O)c3cc(C)ccc3C)o2)c1. The molecule has 0 fully saturated rings. The molecule has 0 amide bonds. The van der Waals surface area contributed by atoms with E-state index in [-0.39, 0.29) is 17.6 Å². The fraction of sp³-hybridized carbons (Fsp3) is 0.318. The van der Waals surface area contributed by atoms with Gasteiger partial charge in [0.25, 0.3) is 11.1 Å². The molecule has 1 unspecified atom stereocenters. The van der Waals surface area contributed by atoms with Crippen LogP contribution in [0.25, 0.3) is 0 Å². The van der Waals surface area contributed by atoms with Crippen LogP contribution >= 0.6 is 11.8 Å². The van der Waals surface area contributed by atoms with E-state index in [1.807, 2.05) is 71.0 Å². The van der Waals surface area contributed by atoms with Gasteiger partial charge >= 0.3 is 0 Å². The van der Waals surface area contributed by atoms with Crippen LogP contribution in [0.5, 0.6) is 5.75 Å². The number of benzene rings is 2. The van der Waals surface area contributed by atoms with Gasteiger partial charge in [-0.05, 0) is 63.4 Å². The van der Waals surface area contributed by atoms with E-state index >= 15 is 0 Å². The van der Waals surface area contributed by atoms with Crippen molar-refractivity contribution in [2.75, 3.05) is 0 Å². The molecule has 3 rings (SSSR count). The third-order valence-corrected chi connectivity index (χ3v) is 5.38. The second-order valence-corrected chi connectivity index (χ2v) is 8.25. The number of aromatic nitrogens is 2. The zero-order valence-corrected chi connectivity index (χ0v) is 17.6. The summed E-state index contributed by atoms with van der Waals surface area (Å²) in [5, 5.41) is 8.11. The Balaban J connectivity index is 1.63.